The summed E-state index contributed by atoms with van der Waals surface area (Å²) in [6.45, 7) is 9.20. The fraction of sp³-hybridized carbons (Fsp3) is 0.400. The second-order valence-electron chi connectivity index (χ2n) is 13.9. The third kappa shape index (κ3) is 7.64. The Kier molecular flexibility index (Phi) is 11.5. The third-order valence-electron chi connectivity index (χ3n) is 9.68. The van der Waals surface area contributed by atoms with Crippen LogP contribution in [0.5, 0.6) is 11.5 Å². The molecule has 0 bridgehead atoms. The Labute approximate surface area is 307 Å². The van der Waals surface area contributed by atoms with Crippen LogP contribution in [-0.2, 0) is 31.2 Å². The van der Waals surface area contributed by atoms with Crippen molar-refractivity contribution in [2.45, 2.75) is 78.3 Å². The Morgan fingerprint density at radius 2 is 1.23 bits per heavy atom. The van der Waals surface area contributed by atoms with E-state index in [4.69, 9.17) is 14.2 Å². The lowest BCUT2D eigenvalue weighted by Crippen LogP contribution is -2.50. The minimum absolute atomic E-state index is 0.00789. The molecule has 2 atom stereocenters. The maximum atomic E-state index is 13.1. The maximum absolute atomic E-state index is 13.1. The van der Waals surface area contributed by atoms with Crippen LogP contribution in [0.2, 0.25) is 0 Å². The van der Waals surface area contributed by atoms with Crippen LogP contribution in [0, 0.1) is 0 Å². The van der Waals surface area contributed by atoms with Crippen LogP contribution in [0.25, 0.3) is 0 Å². The molecule has 7 rings (SSSR count). The largest absolute Gasteiger partial charge is 0.483 e. The number of fused-ring (bicyclic) bond motifs is 1. The zero-order valence-electron chi connectivity index (χ0n) is 30.4. The van der Waals surface area contributed by atoms with E-state index in [-0.39, 0.29) is 78.1 Å². The third-order valence-corrected chi connectivity index (χ3v) is 9.68. The van der Waals surface area contributed by atoms with Gasteiger partial charge in [-0.3, -0.25) is 19.2 Å². The molecule has 0 saturated carbocycles. The predicted molar refractivity (Wildman–Crippen MR) is 196 cm³/mol. The molecule has 0 fully saturated rings. The van der Waals surface area contributed by atoms with E-state index in [1.165, 1.54) is 12.1 Å². The van der Waals surface area contributed by atoms with E-state index in [0.717, 1.165) is 16.8 Å². The quantitative estimate of drug-likeness (QED) is 0.249. The Balaban J connectivity index is 0.000000181. The molecule has 3 aliphatic rings. The number of hydrogen-bond acceptors (Lipinski definition) is 9. The van der Waals surface area contributed by atoms with Crippen LogP contribution in [0.3, 0.4) is 0 Å². The lowest BCUT2D eigenvalue weighted by Gasteiger charge is -2.41. The van der Waals surface area contributed by atoms with Crippen LogP contribution in [0.1, 0.15) is 83.3 Å². The highest BCUT2D eigenvalue weighted by molar-refractivity contribution is 5.97. The number of ether oxygens (including phenoxy) is 3. The number of rotatable bonds is 10. The van der Waals surface area contributed by atoms with E-state index in [0.29, 0.717) is 32.0 Å². The molecule has 0 spiro atoms. The fourth-order valence-electron chi connectivity index (χ4n) is 7.03. The second-order valence-corrected chi connectivity index (χ2v) is 13.9. The van der Waals surface area contributed by atoms with Crippen molar-refractivity contribution < 1.29 is 34.0 Å². The number of benzene rings is 2. The Morgan fingerprint density at radius 3 is 1.74 bits per heavy atom. The van der Waals surface area contributed by atoms with E-state index >= 15 is 0 Å². The van der Waals surface area contributed by atoms with Crippen molar-refractivity contribution in [3.05, 3.63) is 127 Å². The Hall–Kier alpha value is -5.24. The summed E-state index contributed by atoms with van der Waals surface area (Å²) >= 11 is 0. The van der Waals surface area contributed by atoms with E-state index < -0.39 is 18.1 Å². The topological polar surface area (TPSA) is 153 Å². The number of hydrogen-bond donors (Lipinski definition) is 2. The standard InChI is InChI=1S/C20H24N2O5.C20H22N2O4/c1-13(2)21-9-16(11-24)22-15(10-23)8-17(25)19(18(22)20(21)26)27-12-14-6-4-3-5-7-14;1-13(2)21-9-16-12-25-11-15-8-17(23)19(18(20(21)24)22(15)16)26-10-14-6-4-3-5-7-14/h3-8,13,16,23-24H,9-12H2,1-2H3;3-8,13,16H,9-12H2,1-2H3. The summed E-state index contributed by atoms with van der Waals surface area (Å²) in [7, 11) is 0. The number of nitrogens with zero attached hydrogens (tertiary/aromatic N) is 4. The second kappa shape index (κ2) is 16.2. The molecule has 0 saturated heterocycles. The van der Waals surface area contributed by atoms with Gasteiger partial charge in [-0.05, 0) is 38.8 Å². The van der Waals surface area contributed by atoms with Crippen molar-refractivity contribution in [2.24, 2.45) is 0 Å². The van der Waals surface area contributed by atoms with Crippen LogP contribution in [-0.4, -0.2) is 79.3 Å². The number of aliphatic hydroxyl groups excluding tert-OH is 2. The number of pyridine rings is 2. The molecule has 280 valence electrons. The molecule has 2 aromatic carbocycles. The summed E-state index contributed by atoms with van der Waals surface area (Å²) < 4.78 is 20.8. The monoisotopic (exact) mass is 726 g/mol. The molecule has 13 heteroatoms. The first-order valence-corrected chi connectivity index (χ1v) is 17.9. The van der Waals surface area contributed by atoms with Gasteiger partial charge >= 0.3 is 0 Å². The van der Waals surface area contributed by atoms with Gasteiger partial charge in [0.05, 0.1) is 38.5 Å². The van der Waals surface area contributed by atoms with E-state index in [1.807, 2.05) is 92.9 Å². The lowest BCUT2D eigenvalue weighted by molar-refractivity contribution is 0.0196. The van der Waals surface area contributed by atoms with Crippen molar-refractivity contribution in [1.82, 2.24) is 18.9 Å². The average Bonchev–Trinajstić information content (AvgIpc) is 3.16. The van der Waals surface area contributed by atoms with Gasteiger partial charge in [-0.15, -0.1) is 0 Å². The SMILES string of the molecule is CC(C)N1CC(CO)n2c(CO)cc(=O)c(OCc3ccccc3)c2C1=O.CC(C)N1CC2COCc3cc(=O)c(OCc4ccccc4)c(n32)C1=O. The highest BCUT2D eigenvalue weighted by atomic mass is 16.5. The molecule has 2 unspecified atom stereocenters. The van der Waals surface area contributed by atoms with Gasteiger partial charge < -0.3 is 43.4 Å². The molecule has 53 heavy (non-hydrogen) atoms. The number of amides is 2. The van der Waals surface area contributed by atoms with Crippen molar-refractivity contribution in [3.8, 4) is 11.5 Å². The van der Waals surface area contributed by atoms with E-state index in [9.17, 15) is 29.4 Å². The number of aromatic nitrogens is 2. The predicted octanol–water partition coefficient (Wildman–Crippen LogP) is 3.68. The van der Waals surface area contributed by atoms with Gasteiger partial charge in [0, 0.05) is 48.7 Å². The van der Waals surface area contributed by atoms with Crippen LogP contribution >= 0.6 is 0 Å². The summed E-state index contributed by atoms with van der Waals surface area (Å²) in [5.41, 5.74) is 2.55. The molecular formula is C40H46N4O9. The van der Waals surface area contributed by atoms with Gasteiger partial charge in [0.25, 0.3) is 11.8 Å². The van der Waals surface area contributed by atoms with Crippen LogP contribution in [0.15, 0.2) is 82.4 Å². The van der Waals surface area contributed by atoms with Crippen LogP contribution in [0.4, 0.5) is 0 Å². The number of carbonyl (C=O) groups excluding carboxylic acids is 2. The van der Waals surface area contributed by atoms with Gasteiger partial charge in [-0.25, -0.2) is 0 Å². The maximum Gasteiger partial charge on any atom is 0.274 e. The van der Waals surface area contributed by atoms with Gasteiger partial charge in [0.15, 0.2) is 22.9 Å². The van der Waals surface area contributed by atoms with Crippen molar-refractivity contribution >= 4 is 11.8 Å². The molecule has 3 aliphatic heterocycles. The molecule has 2 N–H and O–H groups in total. The zero-order chi connectivity index (χ0) is 37.8. The summed E-state index contributed by atoms with van der Waals surface area (Å²) in [5.74, 6) is -0.407. The molecule has 5 heterocycles. The molecule has 13 nitrogen and oxygen atoms in total. The van der Waals surface area contributed by atoms with Crippen molar-refractivity contribution in [3.63, 3.8) is 0 Å². The number of aliphatic hydroxyl groups is 2. The van der Waals surface area contributed by atoms with Crippen LogP contribution < -0.4 is 20.3 Å². The minimum Gasteiger partial charge on any atom is -0.483 e. The van der Waals surface area contributed by atoms with Gasteiger partial charge in [-0.2, -0.15) is 0 Å². The first-order valence-electron chi connectivity index (χ1n) is 17.9. The molecular weight excluding hydrogens is 680 g/mol. The Morgan fingerprint density at radius 1 is 0.717 bits per heavy atom. The highest BCUT2D eigenvalue weighted by Gasteiger charge is 2.39. The summed E-state index contributed by atoms with van der Waals surface area (Å²) in [6, 6.07) is 21.3. The molecule has 0 aliphatic carbocycles. The lowest BCUT2D eigenvalue weighted by atomic mass is 10.1. The first kappa shape index (κ1) is 37.5. The van der Waals surface area contributed by atoms with E-state index in [2.05, 4.69) is 0 Å². The smallest absolute Gasteiger partial charge is 0.274 e. The molecule has 2 amide bonds. The summed E-state index contributed by atoms with van der Waals surface area (Å²) in [6.07, 6.45) is 0. The first-order chi connectivity index (χ1) is 25.5. The van der Waals surface area contributed by atoms with Gasteiger partial charge in [-0.1, -0.05) is 60.7 Å². The highest BCUT2D eigenvalue weighted by Crippen LogP contribution is 2.33. The minimum atomic E-state index is -0.461. The van der Waals surface area contributed by atoms with Crippen molar-refractivity contribution in [2.75, 3.05) is 26.3 Å². The van der Waals surface area contributed by atoms with Crippen molar-refractivity contribution in [1.29, 1.82) is 0 Å². The van der Waals surface area contributed by atoms with E-state index in [1.54, 1.807) is 14.4 Å². The zero-order valence-corrected chi connectivity index (χ0v) is 30.4. The average molecular weight is 727 g/mol. The van der Waals surface area contributed by atoms with Gasteiger partial charge in [0.1, 0.15) is 13.2 Å². The Bertz CT molecular complexity index is 2060. The summed E-state index contributed by atoms with van der Waals surface area (Å²) in [5, 5.41) is 19.5. The summed E-state index contributed by atoms with van der Waals surface area (Å²) in [4.78, 5) is 54.9. The molecule has 0 radical (unpaired) electrons. The fourth-order valence-corrected chi connectivity index (χ4v) is 7.03. The number of carbonyl (C=O) groups is 2. The van der Waals surface area contributed by atoms with Gasteiger partial charge in [0.2, 0.25) is 10.9 Å². The normalized spacial score (nSPS) is 17.7. The molecule has 4 aromatic rings. The molecule has 2 aromatic heterocycles.